The summed E-state index contributed by atoms with van der Waals surface area (Å²) in [5.74, 6) is -0.0422. The van der Waals surface area contributed by atoms with E-state index >= 15 is 0 Å². The van der Waals surface area contributed by atoms with Crippen LogP contribution in [0.25, 0.3) is 0 Å². The Kier molecular flexibility index (Phi) is 42.3. The Hall–Kier alpha value is -2.00. The fraction of sp³-hybridized carbons (Fsp3) is 0.926. The molecule has 0 bridgehead atoms. The first kappa shape index (κ1) is 59.0. The van der Waals surface area contributed by atoms with Crippen LogP contribution in [0.15, 0.2) is 12.7 Å². The summed E-state index contributed by atoms with van der Waals surface area (Å²) in [6, 6.07) is 0. The van der Waals surface area contributed by atoms with Gasteiger partial charge < -0.3 is 14.6 Å². The molecule has 0 aliphatic carbocycles. The molecule has 1 unspecified atom stereocenters. The van der Waals surface area contributed by atoms with Crippen LogP contribution in [0.3, 0.4) is 0 Å². The fourth-order valence-electron chi connectivity index (χ4n) is 8.86. The van der Waals surface area contributed by atoms with Crippen molar-refractivity contribution in [3.63, 3.8) is 0 Å². The number of aliphatic hydroxyl groups excluding tert-OH is 1. The molecule has 0 radical (unpaired) electrons. The van der Waals surface area contributed by atoms with Crippen LogP contribution in [-0.2, 0) is 25.6 Å². The number of aromatic nitrogens is 3. The minimum Gasteiger partial charge on any atom is -0.462 e. The third-order valence-corrected chi connectivity index (χ3v) is 13.0. The molecule has 0 saturated carbocycles. The molecule has 0 aliphatic rings. The van der Waals surface area contributed by atoms with Gasteiger partial charge in [-0.2, -0.15) is 5.10 Å². The first-order valence-corrected chi connectivity index (χ1v) is 27.5. The van der Waals surface area contributed by atoms with Crippen molar-refractivity contribution in [2.45, 2.75) is 303 Å². The number of rotatable bonds is 49. The van der Waals surface area contributed by atoms with Gasteiger partial charge >= 0.3 is 11.9 Å². The Bertz CT molecular complexity index is 1070. The Morgan fingerprint density at radius 1 is 0.492 bits per heavy atom. The van der Waals surface area contributed by atoms with Crippen molar-refractivity contribution < 1.29 is 24.2 Å². The Morgan fingerprint density at radius 3 is 1.27 bits per heavy atom. The van der Waals surface area contributed by atoms with Gasteiger partial charge in [-0.25, -0.2) is 4.98 Å². The summed E-state index contributed by atoms with van der Waals surface area (Å²) >= 11 is 0. The predicted octanol–water partition coefficient (Wildman–Crippen LogP) is 15.1. The minimum absolute atomic E-state index is 0.00332. The number of hydrogen-bond donors (Lipinski definition) is 1. The first-order chi connectivity index (χ1) is 30.9. The average Bonchev–Trinajstić information content (AvgIpc) is 3.80. The Morgan fingerprint density at radius 2 is 0.857 bits per heavy atom. The fourth-order valence-corrected chi connectivity index (χ4v) is 8.86. The molecule has 1 atom stereocenters. The highest BCUT2D eigenvalue weighted by Gasteiger charge is 2.17. The summed E-state index contributed by atoms with van der Waals surface area (Å²) < 4.78 is 14.0. The molecule has 0 spiro atoms. The second kappa shape index (κ2) is 45.2. The lowest BCUT2D eigenvalue weighted by Crippen LogP contribution is -2.35. The van der Waals surface area contributed by atoms with E-state index in [0.29, 0.717) is 19.4 Å². The van der Waals surface area contributed by atoms with Gasteiger partial charge in [-0.3, -0.25) is 19.2 Å². The van der Waals surface area contributed by atoms with Crippen molar-refractivity contribution in [2.24, 2.45) is 0 Å². The maximum Gasteiger partial charge on any atom is 0.306 e. The molecule has 0 fully saturated rings. The summed E-state index contributed by atoms with van der Waals surface area (Å²) in [7, 11) is 0. The predicted molar refractivity (Wildman–Crippen MR) is 265 cm³/mol. The second-order valence-corrected chi connectivity index (χ2v) is 19.2. The zero-order valence-electron chi connectivity index (χ0n) is 42.2. The molecule has 1 heterocycles. The van der Waals surface area contributed by atoms with E-state index in [1.54, 1.807) is 12.7 Å². The highest BCUT2D eigenvalue weighted by Crippen LogP contribution is 2.20. The van der Waals surface area contributed by atoms with Gasteiger partial charge in [0.1, 0.15) is 24.9 Å². The van der Waals surface area contributed by atoms with E-state index in [1.807, 2.05) is 4.68 Å². The summed E-state index contributed by atoms with van der Waals surface area (Å²) in [5, 5.41) is 15.3. The number of carbonyl (C=O) groups excluding carboxylic acids is 2. The molecule has 9 nitrogen and oxygen atoms in total. The standard InChI is InChI=1S/C54H104N4O5/c1-5-9-13-17-22-30-38-51(39-31-23-18-14-10-6-2)62-53(60)42-34-26-21-27-36-44-57(45-46-58-49-55-48-56-58)47-50(59)37-29-28-35-43-54(61)63-52(40-32-24-19-15-11-7-3)41-33-25-20-16-12-8-4/h48-52,59H,5-47H2,1-4H3. The maximum absolute atomic E-state index is 12.9. The lowest BCUT2D eigenvalue weighted by Gasteiger charge is -2.25. The Labute approximate surface area is 389 Å². The van der Waals surface area contributed by atoms with Gasteiger partial charge in [-0.15, -0.1) is 0 Å². The number of esters is 2. The molecule has 0 saturated heterocycles. The van der Waals surface area contributed by atoms with E-state index in [0.717, 1.165) is 116 Å². The van der Waals surface area contributed by atoms with E-state index < -0.39 is 6.10 Å². The molecule has 0 aromatic carbocycles. The van der Waals surface area contributed by atoms with E-state index in [2.05, 4.69) is 42.7 Å². The van der Waals surface area contributed by atoms with Crippen LogP contribution in [0.5, 0.6) is 0 Å². The van der Waals surface area contributed by atoms with Crippen LogP contribution < -0.4 is 0 Å². The number of nitrogens with zero attached hydrogens (tertiary/aromatic N) is 4. The summed E-state index contributed by atoms with van der Waals surface area (Å²) in [5.41, 5.74) is 0. The zero-order valence-corrected chi connectivity index (χ0v) is 42.2. The molecule has 1 rings (SSSR count). The van der Waals surface area contributed by atoms with Gasteiger partial charge in [0.2, 0.25) is 0 Å². The molecule has 370 valence electrons. The van der Waals surface area contributed by atoms with Gasteiger partial charge in [0.15, 0.2) is 0 Å². The van der Waals surface area contributed by atoms with Crippen molar-refractivity contribution in [1.82, 2.24) is 19.7 Å². The van der Waals surface area contributed by atoms with Crippen molar-refractivity contribution in [3.8, 4) is 0 Å². The van der Waals surface area contributed by atoms with Crippen LogP contribution in [-0.4, -0.2) is 74.7 Å². The summed E-state index contributed by atoms with van der Waals surface area (Å²) in [6.45, 7) is 12.2. The molecule has 1 N–H and O–H groups in total. The third kappa shape index (κ3) is 38.9. The average molecular weight is 889 g/mol. The quantitative estimate of drug-likeness (QED) is 0.0509. The highest BCUT2D eigenvalue weighted by atomic mass is 16.5. The van der Waals surface area contributed by atoms with Gasteiger partial charge in [0, 0.05) is 25.9 Å². The lowest BCUT2D eigenvalue weighted by molar-refractivity contribution is -0.151. The van der Waals surface area contributed by atoms with Crippen LogP contribution in [0.2, 0.25) is 0 Å². The van der Waals surface area contributed by atoms with Crippen LogP contribution in [0.4, 0.5) is 0 Å². The number of carbonyl (C=O) groups is 2. The highest BCUT2D eigenvalue weighted by molar-refractivity contribution is 5.69. The Balaban J connectivity index is 2.40. The number of unbranched alkanes of at least 4 members (excludes halogenated alkanes) is 26. The van der Waals surface area contributed by atoms with Crippen LogP contribution in [0, 0.1) is 0 Å². The van der Waals surface area contributed by atoms with E-state index in [4.69, 9.17) is 9.47 Å². The normalized spacial score (nSPS) is 12.3. The largest absolute Gasteiger partial charge is 0.462 e. The molecule has 0 aliphatic heterocycles. The van der Waals surface area contributed by atoms with E-state index in [-0.39, 0.29) is 24.1 Å². The van der Waals surface area contributed by atoms with Crippen LogP contribution >= 0.6 is 0 Å². The molecule has 0 amide bonds. The van der Waals surface area contributed by atoms with Crippen LogP contribution in [0.1, 0.15) is 278 Å². The van der Waals surface area contributed by atoms with Crippen molar-refractivity contribution in [2.75, 3.05) is 19.6 Å². The summed E-state index contributed by atoms with van der Waals surface area (Å²) in [6.07, 6.45) is 47.2. The lowest BCUT2D eigenvalue weighted by atomic mass is 10.0. The van der Waals surface area contributed by atoms with Gasteiger partial charge in [-0.1, -0.05) is 188 Å². The molecule has 9 heteroatoms. The third-order valence-electron chi connectivity index (χ3n) is 13.0. The first-order valence-electron chi connectivity index (χ1n) is 27.5. The molecule has 63 heavy (non-hydrogen) atoms. The monoisotopic (exact) mass is 889 g/mol. The van der Waals surface area contributed by atoms with Crippen molar-refractivity contribution in [1.29, 1.82) is 0 Å². The summed E-state index contributed by atoms with van der Waals surface area (Å²) in [4.78, 5) is 32.2. The van der Waals surface area contributed by atoms with Gasteiger partial charge in [0.05, 0.1) is 12.6 Å². The number of aliphatic hydroxyl groups is 1. The van der Waals surface area contributed by atoms with Gasteiger partial charge in [-0.05, 0) is 83.6 Å². The smallest absolute Gasteiger partial charge is 0.306 e. The number of ether oxygens (including phenoxy) is 2. The maximum atomic E-state index is 12.9. The molecule has 1 aromatic heterocycles. The topological polar surface area (TPSA) is 107 Å². The van der Waals surface area contributed by atoms with Crippen molar-refractivity contribution >= 4 is 11.9 Å². The number of hydrogen-bond acceptors (Lipinski definition) is 8. The second-order valence-electron chi connectivity index (χ2n) is 19.2. The minimum atomic E-state index is -0.399. The molecular formula is C54H104N4O5. The van der Waals surface area contributed by atoms with E-state index in [1.165, 1.54) is 141 Å². The molecular weight excluding hydrogens is 785 g/mol. The zero-order chi connectivity index (χ0) is 45.7. The van der Waals surface area contributed by atoms with Gasteiger partial charge in [0.25, 0.3) is 0 Å². The SMILES string of the molecule is CCCCCCCCC(CCCCCCCC)OC(=O)CCCCCCCN(CCn1cncn1)CC(O)CCCCCC(=O)OC(CCCCCCCC)CCCCCCCC. The van der Waals surface area contributed by atoms with E-state index in [9.17, 15) is 14.7 Å². The molecule has 1 aromatic rings. The van der Waals surface area contributed by atoms with Crippen molar-refractivity contribution in [3.05, 3.63) is 12.7 Å².